The highest BCUT2D eigenvalue weighted by Gasteiger charge is 2.27. The summed E-state index contributed by atoms with van der Waals surface area (Å²) in [6.45, 7) is 0. The van der Waals surface area contributed by atoms with E-state index in [0.29, 0.717) is 11.4 Å². The van der Waals surface area contributed by atoms with Gasteiger partial charge in [-0.3, -0.25) is 4.57 Å². The molecule has 0 saturated carbocycles. The van der Waals surface area contributed by atoms with E-state index < -0.39 is 0 Å². The molecular formula is C44H24N4O. The van der Waals surface area contributed by atoms with E-state index in [1.54, 1.807) is 0 Å². The molecule has 12 aromatic rings. The molecule has 0 aliphatic rings. The van der Waals surface area contributed by atoms with Crippen molar-refractivity contribution < 1.29 is 4.42 Å². The fourth-order valence-corrected chi connectivity index (χ4v) is 8.44. The Morgan fingerprint density at radius 1 is 0.469 bits per heavy atom. The summed E-state index contributed by atoms with van der Waals surface area (Å²) in [7, 11) is 0. The Bertz CT molecular complexity index is 3330. The zero-order valence-corrected chi connectivity index (χ0v) is 26.1. The summed E-state index contributed by atoms with van der Waals surface area (Å²) < 4.78 is 11.5. The zero-order valence-electron chi connectivity index (χ0n) is 26.1. The molecular weight excluding hydrogens is 601 g/mol. The number of benzene rings is 7. The van der Waals surface area contributed by atoms with Gasteiger partial charge in [0.1, 0.15) is 11.1 Å². The van der Waals surface area contributed by atoms with Gasteiger partial charge < -0.3 is 8.82 Å². The Morgan fingerprint density at radius 3 is 2.02 bits per heavy atom. The Kier molecular flexibility index (Phi) is 4.66. The van der Waals surface area contributed by atoms with E-state index in [0.717, 1.165) is 38.9 Å². The van der Waals surface area contributed by atoms with Gasteiger partial charge in [-0.25, -0.2) is 9.97 Å². The number of hydrogen-bond donors (Lipinski definition) is 0. The van der Waals surface area contributed by atoms with Gasteiger partial charge in [-0.15, -0.1) is 0 Å². The number of para-hydroxylation sites is 3. The molecule has 0 N–H and O–H groups in total. The topological polar surface area (TPSA) is 48.3 Å². The first kappa shape index (κ1) is 25.4. The zero-order chi connectivity index (χ0) is 31.8. The van der Waals surface area contributed by atoms with Crippen molar-refractivity contribution in [2.75, 3.05) is 0 Å². The summed E-state index contributed by atoms with van der Waals surface area (Å²) in [5, 5.41) is 10.8. The smallest absolute Gasteiger partial charge is 0.197 e. The molecule has 5 nitrogen and oxygen atoms in total. The molecule has 0 aliphatic heterocycles. The average Bonchev–Trinajstić information content (AvgIpc) is 3.90. The fourth-order valence-electron chi connectivity index (χ4n) is 8.44. The minimum atomic E-state index is 0.666. The molecule has 0 aliphatic carbocycles. The number of rotatable bonds is 2. The second-order valence-corrected chi connectivity index (χ2v) is 12.9. The maximum absolute atomic E-state index is 6.66. The van der Waals surface area contributed by atoms with Crippen LogP contribution < -0.4 is 0 Å². The quantitative estimate of drug-likeness (QED) is 0.192. The van der Waals surface area contributed by atoms with Crippen LogP contribution in [0.4, 0.5) is 0 Å². The molecule has 0 saturated heterocycles. The summed E-state index contributed by atoms with van der Waals surface area (Å²) in [5.41, 5.74) is 9.12. The third-order valence-corrected chi connectivity index (χ3v) is 10.4. The Hall–Kier alpha value is -6.72. The molecule has 226 valence electrons. The van der Waals surface area contributed by atoms with E-state index in [1.807, 2.05) is 36.4 Å². The first-order chi connectivity index (χ1) is 24.3. The molecule has 0 radical (unpaired) electrons. The summed E-state index contributed by atoms with van der Waals surface area (Å²) in [4.78, 5) is 10.5. The monoisotopic (exact) mass is 624 g/mol. The van der Waals surface area contributed by atoms with E-state index in [-0.39, 0.29) is 0 Å². The summed E-state index contributed by atoms with van der Waals surface area (Å²) in [6.07, 6.45) is 0. The van der Waals surface area contributed by atoms with E-state index in [9.17, 15) is 0 Å². The summed E-state index contributed by atoms with van der Waals surface area (Å²) >= 11 is 0. The van der Waals surface area contributed by atoms with Gasteiger partial charge in [0.05, 0.1) is 27.6 Å². The molecule has 0 bridgehead atoms. The van der Waals surface area contributed by atoms with Crippen LogP contribution in [0.15, 0.2) is 150 Å². The van der Waals surface area contributed by atoms with Crippen molar-refractivity contribution in [1.82, 2.24) is 18.9 Å². The Labute approximate surface area is 278 Å². The van der Waals surface area contributed by atoms with Crippen molar-refractivity contribution in [3.63, 3.8) is 0 Å². The number of nitrogens with zero attached hydrogens (tertiary/aromatic N) is 4. The van der Waals surface area contributed by atoms with Gasteiger partial charge in [-0.05, 0) is 35.7 Å². The van der Waals surface area contributed by atoms with Gasteiger partial charge in [0.25, 0.3) is 0 Å². The average molecular weight is 625 g/mol. The minimum Gasteiger partial charge on any atom is -0.450 e. The predicted octanol–water partition coefficient (Wildman–Crippen LogP) is 11.4. The van der Waals surface area contributed by atoms with Crippen molar-refractivity contribution in [3.8, 4) is 17.2 Å². The van der Waals surface area contributed by atoms with Crippen molar-refractivity contribution in [2.45, 2.75) is 0 Å². The highest BCUT2D eigenvalue weighted by molar-refractivity contribution is 6.37. The first-order valence-electron chi connectivity index (χ1n) is 16.6. The second kappa shape index (κ2) is 9.00. The number of furan rings is 1. The van der Waals surface area contributed by atoms with E-state index in [4.69, 9.17) is 14.4 Å². The molecule has 5 aromatic heterocycles. The maximum Gasteiger partial charge on any atom is 0.197 e. The number of fused-ring (bicyclic) bond motifs is 15. The van der Waals surface area contributed by atoms with Gasteiger partial charge in [0, 0.05) is 48.7 Å². The van der Waals surface area contributed by atoms with Gasteiger partial charge >= 0.3 is 0 Å². The van der Waals surface area contributed by atoms with Crippen LogP contribution in [0.1, 0.15) is 0 Å². The molecule has 0 amide bonds. The highest BCUT2D eigenvalue weighted by atomic mass is 16.3. The summed E-state index contributed by atoms with van der Waals surface area (Å²) in [6, 6.07) is 51.5. The normalized spacial score (nSPS) is 12.5. The SMILES string of the molecule is c1ccc(-c2nc(-n3c4ccccc4c4c5c6ccccc6n6c7c8ccccc8ccc7c(cc43)c56)c3oc4ccccc4c3n2)cc1. The largest absolute Gasteiger partial charge is 0.450 e. The molecule has 5 heterocycles. The second-order valence-electron chi connectivity index (χ2n) is 12.9. The predicted molar refractivity (Wildman–Crippen MR) is 201 cm³/mol. The summed E-state index contributed by atoms with van der Waals surface area (Å²) in [5.74, 6) is 1.40. The van der Waals surface area contributed by atoms with Crippen LogP contribution in [0.3, 0.4) is 0 Å². The molecule has 0 fully saturated rings. The molecule has 49 heavy (non-hydrogen) atoms. The van der Waals surface area contributed by atoms with Crippen molar-refractivity contribution in [3.05, 3.63) is 146 Å². The van der Waals surface area contributed by atoms with Crippen molar-refractivity contribution in [1.29, 1.82) is 0 Å². The fraction of sp³-hybridized carbons (Fsp3) is 0. The van der Waals surface area contributed by atoms with Gasteiger partial charge in [0.15, 0.2) is 17.2 Å². The highest BCUT2D eigenvalue weighted by Crippen LogP contribution is 2.48. The van der Waals surface area contributed by atoms with E-state index in [2.05, 4.69) is 118 Å². The van der Waals surface area contributed by atoms with Crippen molar-refractivity contribution in [2.24, 2.45) is 0 Å². The van der Waals surface area contributed by atoms with Crippen LogP contribution in [0.2, 0.25) is 0 Å². The lowest BCUT2D eigenvalue weighted by Gasteiger charge is -2.10. The first-order valence-corrected chi connectivity index (χ1v) is 16.6. The van der Waals surface area contributed by atoms with Gasteiger partial charge in [0.2, 0.25) is 0 Å². The van der Waals surface area contributed by atoms with Crippen LogP contribution in [0.5, 0.6) is 0 Å². The standard InChI is InChI=1S/C44H24N4O/c1-2-13-26(14-3-1)43-45-39-31-18-8-11-21-36(31)49-42(39)44(46-43)47-33-19-9-6-16-29(33)37-35(47)24-32-28-23-22-25-12-4-5-15-27(25)40(28)48-34-20-10-7-17-30(34)38(37)41(32)48/h1-24H. The van der Waals surface area contributed by atoms with E-state index in [1.165, 1.54) is 59.6 Å². The lowest BCUT2D eigenvalue weighted by molar-refractivity contribution is 0.662. The van der Waals surface area contributed by atoms with Gasteiger partial charge in [-0.2, -0.15) is 0 Å². The molecule has 0 spiro atoms. The minimum absolute atomic E-state index is 0.666. The maximum atomic E-state index is 6.66. The molecule has 0 atom stereocenters. The number of hydrogen-bond acceptors (Lipinski definition) is 3. The molecule has 0 unspecified atom stereocenters. The Balaban J connectivity index is 1.34. The third-order valence-electron chi connectivity index (χ3n) is 10.4. The number of aromatic nitrogens is 4. The van der Waals surface area contributed by atoms with Crippen LogP contribution in [0.25, 0.3) is 110 Å². The molecule has 12 rings (SSSR count). The lowest BCUT2D eigenvalue weighted by atomic mass is 10.0. The lowest BCUT2D eigenvalue weighted by Crippen LogP contribution is -2.01. The van der Waals surface area contributed by atoms with Crippen LogP contribution in [-0.2, 0) is 0 Å². The molecule has 7 aromatic carbocycles. The van der Waals surface area contributed by atoms with Gasteiger partial charge in [-0.1, -0.05) is 115 Å². The molecule has 5 heteroatoms. The van der Waals surface area contributed by atoms with E-state index >= 15 is 0 Å². The third kappa shape index (κ3) is 3.15. The van der Waals surface area contributed by atoms with Crippen LogP contribution in [0, 0.1) is 0 Å². The van der Waals surface area contributed by atoms with Crippen LogP contribution >= 0.6 is 0 Å². The van der Waals surface area contributed by atoms with Crippen LogP contribution in [-0.4, -0.2) is 18.9 Å². The Morgan fingerprint density at radius 2 is 1.16 bits per heavy atom. The van der Waals surface area contributed by atoms with Crippen molar-refractivity contribution >= 4 is 92.7 Å².